The van der Waals surface area contributed by atoms with Crippen molar-refractivity contribution in [1.29, 1.82) is 0 Å². The molecule has 1 aromatic heterocycles. The molecule has 4 rings (SSSR count). The first-order chi connectivity index (χ1) is 14.7. The summed E-state index contributed by atoms with van der Waals surface area (Å²) >= 11 is 0. The van der Waals surface area contributed by atoms with Crippen LogP contribution in [0.1, 0.15) is 29.5 Å². The van der Waals surface area contributed by atoms with Crippen molar-refractivity contribution in [3.05, 3.63) is 65.5 Å². The number of amides is 3. The number of carbonyl (C=O) groups is 2. The fraction of sp³-hybridized carbons (Fsp3) is 0.435. The van der Waals surface area contributed by atoms with Gasteiger partial charge in [0.05, 0.1) is 0 Å². The highest BCUT2D eigenvalue weighted by Gasteiger charge is 2.22. The lowest BCUT2D eigenvalue weighted by Gasteiger charge is -2.34. The van der Waals surface area contributed by atoms with Gasteiger partial charge in [0.1, 0.15) is 0 Å². The lowest BCUT2D eigenvalue weighted by Crippen LogP contribution is -2.51. The summed E-state index contributed by atoms with van der Waals surface area (Å²) in [7, 11) is 0. The Balaban J connectivity index is 1.22. The molecular formula is C23H29N5O2. The molecule has 3 heterocycles. The van der Waals surface area contributed by atoms with Gasteiger partial charge in [0.25, 0.3) is 0 Å². The molecule has 30 heavy (non-hydrogen) atoms. The maximum absolute atomic E-state index is 12.6. The first kappa shape index (κ1) is 20.3. The third-order valence-electron chi connectivity index (χ3n) is 5.79. The van der Waals surface area contributed by atoms with Crippen LogP contribution in [-0.2, 0) is 24.4 Å². The van der Waals surface area contributed by atoms with Crippen molar-refractivity contribution in [2.24, 2.45) is 0 Å². The average molecular weight is 408 g/mol. The van der Waals surface area contributed by atoms with E-state index in [2.05, 4.69) is 21.3 Å². The number of nitrogens with one attached hydrogen (secondary N) is 1. The SMILES string of the molecule is O=C1CCCN1Cc1cccc(CNC(=O)N2CCN(Cc3ccncc3)CC2)c1. The molecule has 3 amide bonds. The smallest absolute Gasteiger partial charge is 0.317 e. The Labute approximate surface area is 177 Å². The van der Waals surface area contributed by atoms with Gasteiger partial charge >= 0.3 is 6.03 Å². The number of piperazine rings is 1. The summed E-state index contributed by atoms with van der Waals surface area (Å²) in [6.45, 7) is 6.08. The second-order valence-electron chi connectivity index (χ2n) is 8.02. The van der Waals surface area contributed by atoms with Crippen LogP contribution in [0.25, 0.3) is 0 Å². The van der Waals surface area contributed by atoms with E-state index >= 15 is 0 Å². The molecule has 2 aromatic rings. The van der Waals surface area contributed by atoms with Crippen LogP contribution in [0, 0.1) is 0 Å². The van der Waals surface area contributed by atoms with E-state index < -0.39 is 0 Å². The molecule has 0 atom stereocenters. The first-order valence-electron chi connectivity index (χ1n) is 10.7. The summed E-state index contributed by atoms with van der Waals surface area (Å²) in [6, 6.07) is 12.2. The number of pyridine rings is 1. The number of hydrogen-bond donors (Lipinski definition) is 1. The van der Waals surface area contributed by atoms with E-state index in [0.29, 0.717) is 19.5 Å². The van der Waals surface area contributed by atoms with Crippen molar-refractivity contribution in [3.8, 4) is 0 Å². The predicted molar refractivity (Wildman–Crippen MR) is 114 cm³/mol. The molecule has 2 aliphatic rings. The Morgan fingerprint density at radius 3 is 2.43 bits per heavy atom. The highest BCUT2D eigenvalue weighted by Crippen LogP contribution is 2.15. The summed E-state index contributed by atoms with van der Waals surface area (Å²) < 4.78 is 0. The number of likely N-dealkylation sites (tertiary alicyclic amines) is 1. The van der Waals surface area contributed by atoms with Crippen molar-refractivity contribution >= 4 is 11.9 Å². The van der Waals surface area contributed by atoms with Crippen LogP contribution in [0.2, 0.25) is 0 Å². The standard InChI is InChI=1S/C23H29N5O2/c29-22-5-2-10-28(22)18-21-4-1-3-20(15-21)16-25-23(30)27-13-11-26(12-14-27)17-19-6-8-24-9-7-19/h1,3-4,6-9,15H,2,5,10-14,16-18H2,(H,25,30). The zero-order chi connectivity index (χ0) is 20.8. The molecule has 7 heteroatoms. The third kappa shape index (κ3) is 5.36. The largest absolute Gasteiger partial charge is 0.338 e. The Bertz CT molecular complexity index is 865. The van der Waals surface area contributed by atoms with Gasteiger partial charge in [-0.05, 0) is 35.2 Å². The molecule has 1 N–H and O–H groups in total. The Kier molecular flexibility index (Phi) is 6.59. The van der Waals surface area contributed by atoms with E-state index in [-0.39, 0.29) is 11.9 Å². The van der Waals surface area contributed by atoms with Gasteiger partial charge in [-0.2, -0.15) is 0 Å². The van der Waals surface area contributed by atoms with Gasteiger partial charge in [-0.15, -0.1) is 0 Å². The molecule has 2 fully saturated rings. The summed E-state index contributed by atoms with van der Waals surface area (Å²) in [5, 5.41) is 3.04. The summed E-state index contributed by atoms with van der Waals surface area (Å²) in [6.07, 6.45) is 5.24. The van der Waals surface area contributed by atoms with Crippen LogP contribution in [-0.4, -0.2) is 64.3 Å². The number of carbonyl (C=O) groups excluding carboxylic acids is 2. The molecular weight excluding hydrogens is 378 g/mol. The molecule has 0 aliphatic carbocycles. The van der Waals surface area contributed by atoms with Gasteiger partial charge < -0.3 is 15.1 Å². The molecule has 0 radical (unpaired) electrons. The van der Waals surface area contributed by atoms with Crippen molar-refractivity contribution in [2.75, 3.05) is 32.7 Å². The monoisotopic (exact) mass is 407 g/mol. The molecule has 0 bridgehead atoms. The number of rotatable bonds is 6. The van der Waals surface area contributed by atoms with Gasteiger partial charge in [0, 0.05) is 71.2 Å². The van der Waals surface area contributed by atoms with Crippen molar-refractivity contribution < 1.29 is 9.59 Å². The van der Waals surface area contributed by atoms with Crippen molar-refractivity contribution in [1.82, 2.24) is 25.0 Å². The zero-order valence-electron chi connectivity index (χ0n) is 17.3. The van der Waals surface area contributed by atoms with Crippen LogP contribution in [0.15, 0.2) is 48.8 Å². The van der Waals surface area contributed by atoms with Crippen molar-refractivity contribution in [2.45, 2.75) is 32.5 Å². The van der Waals surface area contributed by atoms with E-state index in [0.717, 1.165) is 56.8 Å². The van der Waals surface area contributed by atoms with Crippen LogP contribution in [0.4, 0.5) is 4.79 Å². The molecule has 0 unspecified atom stereocenters. The molecule has 7 nitrogen and oxygen atoms in total. The predicted octanol–water partition coefficient (Wildman–Crippen LogP) is 2.23. The minimum Gasteiger partial charge on any atom is -0.338 e. The Hall–Kier alpha value is -2.93. The fourth-order valence-electron chi connectivity index (χ4n) is 4.07. The average Bonchev–Trinajstić information content (AvgIpc) is 3.18. The van der Waals surface area contributed by atoms with Gasteiger partial charge in [0.2, 0.25) is 5.91 Å². The van der Waals surface area contributed by atoms with E-state index in [1.807, 2.05) is 52.5 Å². The van der Waals surface area contributed by atoms with E-state index in [9.17, 15) is 9.59 Å². The number of urea groups is 1. The van der Waals surface area contributed by atoms with Crippen LogP contribution in [0.3, 0.4) is 0 Å². The van der Waals surface area contributed by atoms with E-state index in [4.69, 9.17) is 0 Å². The quantitative estimate of drug-likeness (QED) is 0.797. The lowest BCUT2D eigenvalue weighted by molar-refractivity contribution is -0.128. The van der Waals surface area contributed by atoms with Crippen LogP contribution in [0.5, 0.6) is 0 Å². The summed E-state index contributed by atoms with van der Waals surface area (Å²) in [5.74, 6) is 0.233. The molecule has 2 saturated heterocycles. The maximum Gasteiger partial charge on any atom is 0.317 e. The number of hydrogen-bond acceptors (Lipinski definition) is 4. The minimum absolute atomic E-state index is 0.0151. The number of aromatic nitrogens is 1. The van der Waals surface area contributed by atoms with Gasteiger partial charge in [-0.1, -0.05) is 24.3 Å². The summed E-state index contributed by atoms with van der Waals surface area (Å²) in [4.78, 5) is 34.6. The molecule has 158 valence electrons. The topological polar surface area (TPSA) is 68.8 Å². The van der Waals surface area contributed by atoms with Gasteiger partial charge in [-0.3, -0.25) is 14.7 Å². The molecule has 0 saturated carbocycles. The lowest BCUT2D eigenvalue weighted by atomic mass is 10.1. The minimum atomic E-state index is -0.0151. The molecule has 2 aliphatic heterocycles. The van der Waals surface area contributed by atoms with Gasteiger partial charge in [-0.25, -0.2) is 4.79 Å². The van der Waals surface area contributed by atoms with Crippen molar-refractivity contribution in [3.63, 3.8) is 0 Å². The first-order valence-corrected chi connectivity index (χ1v) is 10.7. The highest BCUT2D eigenvalue weighted by molar-refractivity contribution is 5.78. The Morgan fingerprint density at radius 1 is 0.933 bits per heavy atom. The summed E-state index contributed by atoms with van der Waals surface area (Å²) in [5.41, 5.74) is 3.42. The highest BCUT2D eigenvalue weighted by atomic mass is 16.2. The number of benzene rings is 1. The number of nitrogens with zero attached hydrogens (tertiary/aromatic N) is 4. The molecule has 1 aromatic carbocycles. The second-order valence-corrected chi connectivity index (χ2v) is 8.02. The van der Waals surface area contributed by atoms with Gasteiger partial charge in [0.15, 0.2) is 0 Å². The normalized spacial score (nSPS) is 17.4. The zero-order valence-corrected chi connectivity index (χ0v) is 17.3. The third-order valence-corrected chi connectivity index (χ3v) is 5.79. The fourth-order valence-corrected chi connectivity index (χ4v) is 4.07. The second kappa shape index (κ2) is 9.71. The van der Waals surface area contributed by atoms with Crippen LogP contribution >= 0.6 is 0 Å². The Morgan fingerprint density at radius 2 is 1.70 bits per heavy atom. The van der Waals surface area contributed by atoms with E-state index in [1.165, 1.54) is 5.56 Å². The van der Waals surface area contributed by atoms with Crippen LogP contribution < -0.4 is 5.32 Å². The maximum atomic E-state index is 12.6. The van der Waals surface area contributed by atoms with E-state index in [1.54, 1.807) is 0 Å². The molecule has 0 spiro atoms.